The maximum atomic E-state index is 12.7. The van der Waals surface area contributed by atoms with Crippen LogP contribution in [0.25, 0.3) is 11.3 Å². The molecule has 1 aliphatic rings. The second-order valence-corrected chi connectivity index (χ2v) is 9.00. The lowest BCUT2D eigenvalue weighted by atomic mass is 9.84. The highest BCUT2D eigenvalue weighted by Crippen LogP contribution is 2.27. The second kappa shape index (κ2) is 13.3. The number of nitrogens with one attached hydrogen (secondary N) is 3. The van der Waals surface area contributed by atoms with Gasteiger partial charge < -0.3 is 24.8 Å². The van der Waals surface area contributed by atoms with E-state index in [1.807, 2.05) is 30.3 Å². The highest BCUT2D eigenvalue weighted by Gasteiger charge is 2.23. The fraction of sp³-hybridized carbons (Fsp3) is 0.393. The molecule has 3 aromatic rings. The topological polar surface area (TPSA) is 114 Å². The molecule has 1 aromatic carbocycles. The van der Waals surface area contributed by atoms with Crippen molar-refractivity contribution in [3.05, 3.63) is 71.4 Å². The van der Waals surface area contributed by atoms with Crippen LogP contribution in [0.2, 0.25) is 0 Å². The van der Waals surface area contributed by atoms with Gasteiger partial charge in [0.25, 0.3) is 11.8 Å². The third-order valence-electron chi connectivity index (χ3n) is 6.43. The molecular formula is C28H35N3O5. The van der Waals surface area contributed by atoms with Crippen molar-refractivity contribution in [3.63, 3.8) is 0 Å². The molecule has 4 rings (SSSR count). The summed E-state index contributed by atoms with van der Waals surface area (Å²) >= 11 is 0. The van der Waals surface area contributed by atoms with Crippen LogP contribution in [-0.2, 0) is 11.3 Å². The fourth-order valence-electron chi connectivity index (χ4n) is 4.38. The lowest BCUT2D eigenvalue weighted by Gasteiger charge is -2.27. The number of benzene rings is 1. The Labute approximate surface area is 211 Å². The molecule has 1 fully saturated rings. The average molecular weight is 494 g/mol. The van der Waals surface area contributed by atoms with E-state index in [9.17, 15) is 9.59 Å². The molecule has 8 heteroatoms. The zero-order chi connectivity index (χ0) is 25.9. The summed E-state index contributed by atoms with van der Waals surface area (Å²) < 4.78 is 11.1. The lowest BCUT2D eigenvalue weighted by molar-refractivity contribution is -0.109. The summed E-state index contributed by atoms with van der Waals surface area (Å²) in [6.45, 7) is 4.22. The maximum absolute atomic E-state index is 12.7. The number of hydrogen-bond acceptors (Lipinski definition) is 5. The summed E-state index contributed by atoms with van der Waals surface area (Å²) in [6, 6.07) is 13.1. The molecule has 3 N–H and O–H groups in total. The molecule has 1 saturated carbocycles. The van der Waals surface area contributed by atoms with Gasteiger partial charge in [0.1, 0.15) is 11.5 Å². The van der Waals surface area contributed by atoms with Gasteiger partial charge in [-0.3, -0.25) is 14.4 Å². The summed E-state index contributed by atoms with van der Waals surface area (Å²) in [6.07, 6.45) is 8.26. The smallest absolute Gasteiger partial charge is 0.287 e. The van der Waals surface area contributed by atoms with E-state index in [0.29, 0.717) is 41.7 Å². The summed E-state index contributed by atoms with van der Waals surface area (Å²) in [5.41, 5.74) is 2.33. The van der Waals surface area contributed by atoms with E-state index in [4.69, 9.17) is 13.6 Å². The van der Waals surface area contributed by atoms with Gasteiger partial charge in [0.15, 0.2) is 5.76 Å². The standard InChI is InChI=1S/C26H30N2O4.C2H5NO/c1-17(20-8-4-3-5-9-20)28-26(30)24-12-11-23(32-24)21-10-6-7-19(15-21)16-27-25(29)22-13-14-31-18(22)2;1-3-2-4/h6-7,10-15,17,20H,3-5,8-9,16H2,1-2H3,(H,27,29)(H,28,30);2H,1H3,(H,3,4)/t17-;/m1./s1. The van der Waals surface area contributed by atoms with Gasteiger partial charge in [0.2, 0.25) is 6.41 Å². The first-order chi connectivity index (χ1) is 17.4. The van der Waals surface area contributed by atoms with Gasteiger partial charge in [-0.05, 0) is 62.4 Å². The molecule has 0 unspecified atom stereocenters. The van der Waals surface area contributed by atoms with Crippen LogP contribution in [-0.4, -0.2) is 31.3 Å². The van der Waals surface area contributed by atoms with Gasteiger partial charge in [-0.25, -0.2) is 0 Å². The Morgan fingerprint density at radius 3 is 2.50 bits per heavy atom. The van der Waals surface area contributed by atoms with Crippen molar-refractivity contribution in [2.24, 2.45) is 5.92 Å². The highest BCUT2D eigenvalue weighted by molar-refractivity contribution is 5.95. The van der Waals surface area contributed by atoms with Gasteiger partial charge in [-0.1, -0.05) is 37.5 Å². The van der Waals surface area contributed by atoms with E-state index in [2.05, 4.69) is 22.9 Å². The molecule has 3 amide bonds. The SMILES string of the molecule is CNC=O.Cc1occc1C(=O)NCc1cccc(-c2ccc(C(=O)N[C@H](C)C3CCCCC3)o2)c1. The number of amides is 3. The molecule has 0 spiro atoms. The van der Waals surface area contributed by atoms with Crippen molar-refractivity contribution >= 4 is 18.2 Å². The summed E-state index contributed by atoms with van der Waals surface area (Å²) in [5.74, 6) is 1.73. The number of furan rings is 2. The Hall–Kier alpha value is -3.81. The Morgan fingerprint density at radius 1 is 1.08 bits per heavy atom. The van der Waals surface area contributed by atoms with Gasteiger partial charge in [0.05, 0.1) is 11.8 Å². The van der Waals surface area contributed by atoms with Crippen molar-refractivity contribution in [3.8, 4) is 11.3 Å². The van der Waals surface area contributed by atoms with Crippen LogP contribution in [0.5, 0.6) is 0 Å². The molecule has 2 heterocycles. The minimum Gasteiger partial charge on any atom is -0.469 e. The molecular weight excluding hydrogens is 458 g/mol. The van der Waals surface area contributed by atoms with Crippen LogP contribution in [0.3, 0.4) is 0 Å². The summed E-state index contributed by atoms with van der Waals surface area (Å²) in [5, 5.41) is 8.26. The predicted molar refractivity (Wildman–Crippen MR) is 137 cm³/mol. The van der Waals surface area contributed by atoms with Gasteiger partial charge in [-0.2, -0.15) is 0 Å². The molecule has 8 nitrogen and oxygen atoms in total. The molecule has 2 aromatic heterocycles. The number of rotatable bonds is 8. The van der Waals surface area contributed by atoms with Crippen LogP contribution in [0, 0.1) is 12.8 Å². The van der Waals surface area contributed by atoms with Crippen molar-refractivity contribution in [1.29, 1.82) is 0 Å². The zero-order valence-corrected chi connectivity index (χ0v) is 21.1. The number of carbonyl (C=O) groups excluding carboxylic acids is 3. The van der Waals surface area contributed by atoms with Crippen LogP contribution in [0.1, 0.15) is 71.3 Å². The molecule has 0 radical (unpaired) electrons. The number of aryl methyl sites for hydroxylation is 1. The van der Waals surface area contributed by atoms with Crippen LogP contribution in [0.4, 0.5) is 0 Å². The van der Waals surface area contributed by atoms with Crippen LogP contribution in [0.15, 0.2) is 57.6 Å². The lowest BCUT2D eigenvalue weighted by Crippen LogP contribution is -2.38. The van der Waals surface area contributed by atoms with Crippen molar-refractivity contribution in [2.45, 2.75) is 58.5 Å². The first-order valence-corrected chi connectivity index (χ1v) is 12.4. The largest absolute Gasteiger partial charge is 0.469 e. The second-order valence-electron chi connectivity index (χ2n) is 9.00. The third kappa shape index (κ3) is 7.34. The Balaban J connectivity index is 0.000000840. The van der Waals surface area contributed by atoms with E-state index in [1.54, 1.807) is 26.1 Å². The van der Waals surface area contributed by atoms with E-state index < -0.39 is 0 Å². The van der Waals surface area contributed by atoms with Crippen LogP contribution >= 0.6 is 0 Å². The van der Waals surface area contributed by atoms with E-state index in [0.717, 1.165) is 11.1 Å². The van der Waals surface area contributed by atoms with Gasteiger partial charge in [0, 0.05) is 25.2 Å². The van der Waals surface area contributed by atoms with Gasteiger partial charge >= 0.3 is 0 Å². The Bertz CT molecular complexity index is 1140. The van der Waals surface area contributed by atoms with E-state index in [1.165, 1.54) is 38.4 Å². The highest BCUT2D eigenvalue weighted by atomic mass is 16.4. The molecule has 0 aliphatic heterocycles. The first kappa shape index (κ1) is 26.8. The Morgan fingerprint density at radius 2 is 1.83 bits per heavy atom. The predicted octanol–water partition coefficient (Wildman–Crippen LogP) is 4.84. The fourth-order valence-corrected chi connectivity index (χ4v) is 4.38. The number of carbonyl (C=O) groups is 3. The van der Waals surface area contributed by atoms with Crippen molar-refractivity contribution < 1.29 is 23.2 Å². The normalized spacial score (nSPS) is 14.2. The van der Waals surface area contributed by atoms with Gasteiger partial charge in [-0.15, -0.1) is 0 Å². The van der Waals surface area contributed by atoms with Crippen molar-refractivity contribution in [1.82, 2.24) is 16.0 Å². The van der Waals surface area contributed by atoms with Crippen molar-refractivity contribution in [2.75, 3.05) is 7.05 Å². The minimum absolute atomic E-state index is 0.141. The molecule has 0 saturated heterocycles. The third-order valence-corrected chi connectivity index (χ3v) is 6.43. The molecule has 36 heavy (non-hydrogen) atoms. The average Bonchev–Trinajstić information content (AvgIpc) is 3.58. The quantitative estimate of drug-likeness (QED) is 0.389. The Kier molecular flexibility index (Phi) is 9.92. The minimum atomic E-state index is -0.175. The number of hydrogen-bond donors (Lipinski definition) is 3. The summed E-state index contributed by atoms with van der Waals surface area (Å²) in [7, 11) is 1.56. The van der Waals surface area contributed by atoms with E-state index in [-0.39, 0.29) is 17.9 Å². The van der Waals surface area contributed by atoms with E-state index >= 15 is 0 Å². The monoisotopic (exact) mass is 493 g/mol. The maximum Gasteiger partial charge on any atom is 0.287 e. The zero-order valence-electron chi connectivity index (χ0n) is 21.1. The molecule has 1 aliphatic carbocycles. The first-order valence-electron chi connectivity index (χ1n) is 12.4. The summed E-state index contributed by atoms with van der Waals surface area (Å²) in [4.78, 5) is 34.0. The molecule has 1 atom stereocenters. The molecule has 192 valence electrons. The molecule has 0 bridgehead atoms. The van der Waals surface area contributed by atoms with Crippen LogP contribution < -0.4 is 16.0 Å².